The highest BCUT2D eigenvalue weighted by atomic mass is 32.2. The van der Waals surface area contributed by atoms with Crippen molar-refractivity contribution in [2.45, 2.75) is 11.4 Å². The molecular formula is C13H13FN2O2S. The summed E-state index contributed by atoms with van der Waals surface area (Å²) in [6, 6.07) is 11.5. The lowest BCUT2D eigenvalue weighted by Gasteiger charge is -2.22. The number of sulfonamides is 1. The van der Waals surface area contributed by atoms with Gasteiger partial charge in [0, 0.05) is 5.56 Å². The third-order valence-electron chi connectivity index (χ3n) is 2.52. The average Bonchev–Trinajstić information content (AvgIpc) is 2.38. The number of quaternary nitrogens is 1. The van der Waals surface area contributed by atoms with E-state index < -0.39 is 15.8 Å². The summed E-state index contributed by atoms with van der Waals surface area (Å²) in [4.78, 5) is 0.0814. The van der Waals surface area contributed by atoms with Gasteiger partial charge in [-0.25, -0.2) is 12.8 Å². The number of hydrogen-bond acceptors (Lipinski definition) is 2. The first-order chi connectivity index (χ1) is 9.01. The van der Waals surface area contributed by atoms with E-state index in [9.17, 15) is 12.8 Å². The molecule has 0 spiro atoms. The molecule has 6 heteroatoms. The van der Waals surface area contributed by atoms with Gasteiger partial charge in [-0.3, -0.25) is 0 Å². The SMILES string of the molecule is [NH3+]Cc1cccc(S(=O)(=O)[N-]c2cccc(F)c2)c1. The molecule has 100 valence electrons. The van der Waals surface area contributed by atoms with E-state index >= 15 is 0 Å². The number of rotatable bonds is 4. The molecule has 0 saturated carbocycles. The van der Waals surface area contributed by atoms with Crippen LogP contribution in [-0.2, 0) is 16.6 Å². The van der Waals surface area contributed by atoms with Gasteiger partial charge in [-0.05, 0) is 24.3 Å². The number of hydrogen-bond donors (Lipinski definition) is 1. The molecule has 19 heavy (non-hydrogen) atoms. The smallest absolute Gasteiger partial charge is 0.123 e. The maximum atomic E-state index is 13.0. The van der Waals surface area contributed by atoms with Crippen LogP contribution in [0.5, 0.6) is 0 Å². The van der Waals surface area contributed by atoms with Crippen LogP contribution in [0, 0.1) is 5.82 Å². The number of halogens is 1. The lowest BCUT2D eigenvalue weighted by molar-refractivity contribution is -0.386. The van der Waals surface area contributed by atoms with Crippen molar-refractivity contribution >= 4 is 15.7 Å². The number of nitrogens with zero attached hydrogens (tertiary/aromatic N) is 1. The van der Waals surface area contributed by atoms with Crippen LogP contribution in [0.1, 0.15) is 5.56 Å². The number of benzene rings is 2. The van der Waals surface area contributed by atoms with Crippen LogP contribution in [0.4, 0.5) is 10.1 Å². The van der Waals surface area contributed by atoms with Gasteiger partial charge in [-0.15, -0.1) is 5.69 Å². The maximum absolute atomic E-state index is 13.0. The second kappa shape index (κ2) is 5.38. The molecule has 4 nitrogen and oxygen atoms in total. The molecule has 0 aliphatic carbocycles. The molecule has 0 aromatic heterocycles. The molecular weight excluding hydrogens is 267 g/mol. The van der Waals surface area contributed by atoms with Gasteiger partial charge in [0.1, 0.15) is 15.8 Å². The molecule has 0 aliphatic heterocycles. The van der Waals surface area contributed by atoms with Crippen LogP contribution in [0.15, 0.2) is 53.4 Å². The van der Waals surface area contributed by atoms with Crippen molar-refractivity contribution in [2.75, 3.05) is 0 Å². The largest absolute Gasteiger partial charge is 0.573 e. The topological polar surface area (TPSA) is 75.9 Å². The second-order valence-electron chi connectivity index (χ2n) is 3.94. The van der Waals surface area contributed by atoms with Gasteiger partial charge in [0.25, 0.3) is 0 Å². The molecule has 0 radical (unpaired) electrons. The van der Waals surface area contributed by atoms with E-state index in [2.05, 4.69) is 10.5 Å². The van der Waals surface area contributed by atoms with Gasteiger partial charge in [0.15, 0.2) is 0 Å². The summed E-state index contributed by atoms with van der Waals surface area (Å²) in [5, 5.41) is 0. The first-order valence-corrected chi connectivity index (χ1v) is 7.07. The van der Waals surface area contributed by atoms with Gasteiger partial charge >= 0.3 is 0 Å². The monoisotopic (exact) mass is 280 g/mol. The molecule has 0 saturated heterocycles. The Bertz CT molecular complexity index is 687. The van der Waals surface area contributed by atoms with Crippen molar-refractivity contribution in [1.29, 1.82) is 0 Å². The Morgan fingerprint density at radius 3 is 2.53 bits per heavy atom. The first kappa shape index (κ1) is 13.5. The van der Waals surface area contributed by atoms with Gasteiger partial charge in [0.2, 0.25) is 0 Å². The summed E-state index contributed by atoms with van der Waals surface area (Å²) in [6.07, 6.45) is 0. The summed E-state index contributed by atoms with van der Waals surface area (Å²) in [7, 11) is -3.83. The van der Waals surface area contributed by atoms with Crippen molar-refractivity contribution in [3.63, 3.8) is 0 Å². The van der Waals surface area contributed by atoms with Crippen LogP contribution in [0.2, 0.25) is 0 Å². The Kier molecular flexibility index (Phi) is 3.82. The molecule has 0 aliphatic rings. The quantitative estimate of drug-likeness (QED) is 0.929. The Morgan fingerprint density at radius 2 is 1.84 bits per heavy atom. The molecule has 0 heterocycles. The Hall–Kier alpha value is -1.92. The summed E-state index contributed by atoms with van der Waals surface area (Å²) in [5.74, 6) is -0.525. The Balaban J connectivity index is 2.32. The van der Waals surface area contributed by atoms with Crippen molar-refractivity contribution < 1.29 is 18.5 Å². The van der Waals surface area contributed by atoms with E-state index in [1.807, 2.05) is 0 Å². The van der Waals surface area contributed by atoms with E-state index in [0.717, 1.165) is 11.6 Å². The Labute approximate surface area is 111 Å². The molecule has 0 fully saturated rings. The summed E-state index contributed by atoms with van der Waals surface area (Å²) >= 11 is 0. The highest BCUT2D eigenvalue weighted by Crippen LogP contribution is 2.28. The van der Waals surface area contributed by atoms with E-state index in [0.29, 0.717) is 6.54 Å². The minimum atomic E-state index is -3.83. The molecule has 2 aromatic rings. The third kappa shape index (κ3) is 3.30. The zero-order chi connectivity index (χ0) is 13.9. The molecule has 2 rings (SSSR count). The van der Waals surface area contributed by atoms with Gasteiger partial charge in [-0.2, -0.15) is 0 Å². The summed E-state index contributed by atoms with van der Waals surface area (Å²) in [5.41, 5.74) is 4.57. The van der Waals surface area contributed by atoms with Crippen LogP contribution in [0.3, 0.4) is 0 Å². The zero-order valence-electron chi connectivity index (χ0n) is 10.1. The standard InChI is InChI=1S/C13H12FN2O2S/c14-11-4-2-5-12(8-11)16-19(17,18)13-6-1-3-10(7-13)9-15/h1-8H,9,15H2/q-1/p+1. The second-order valence-corrected chi connectivity index (χ2v) is 5.55. The molecule has 0 amide bonds. The molecule has 3 N–H and O–H groups in total. The fourth-order valence-corrected chi connectivity index (χ4v) is 2.63. The normalized spacial score (nSPS) is 11.3. The van der Waals surface area contributed by atoms with Gasteiger partial charge in [-0.1, -0.05) is 24.3 Å². The maximum Gasteiger partial charge on any atom is 0.123 e. The fraction of sp³-hybridized carbons (Fsp3) is 0.0769. The van der Waals surface area contributed by atoms with Crippen LogP contribution in [0.25, 0.3) is 4.72 Å². The van der Waals surface area contributed by atoms with Gasteiger partial charge < -0.3 is 10.5 Å². The molecule has 0 atom stereocenters. The summed E-state index contributed by atoms with van der Waals surface area (Å²) in [6.45, 7) is 0.489. The van der Waals surface area contributed by atoms with Crippen LogP contribution < -0.4 is 5.73 Å². The first-order valence-electron chi connectivity index (χ1n) is 5.63. The molecule has 0 bridgehead atoms. The van der Waals surface area contributed by atoms with E-state index in [1.54, 1.807) is 12.1 Å². The molecule has 2 aromatic carbocycles. The fourth-order valence-electron chi connectivity index (χ4n) is 1.59. The Morgan fingerprint density at radius 1 is 1.11 bits per heavy atom. The van der Waals surface area contributed by atoms with Crippen LogP contribution >= 0.6 is 0 Å². The lowest BCUT2D eigenvalue weighted by atomic mass is 10.2. The minimum absolute atomic E-state index is 0.0695. The van der Waals surface area contributed by atoms with Crippen molar-refractivity contribution in [3.8, 4) is 0 Å². The predicted octanol–water partition coefficient (Wildman–Crippen LogP) is 1.96. The van der Waals surface area contributed by atoms with E-state index in [1.165, 1.54) is 30.3 Å². The summed E-state index contributed by atoms with van der Waals surface area (Å²) < 4.78 is 40.8. The zero-order valence-corrected chi connectivity index (χ0v) is 10.9. The third-order valence-corrected chi connectivity index (χ3v) is 3.82. The van der Waals surface area contributed by atoms with E-state index in [4.69, 9.17) is 0 Å². The van der Waals surface area contributed by atoms with Crippen molar-refractivity contribution in [1.82, 2.24) is 0 Å². The van der Waals surface area contributed by atoms with Crippen LogP contribution in [-0.4, -0.2) is 8.42 Å². The average molecular weight is 280 g/mol. The van der Waals surface area contributed by atoms with Crippen molar-refractivity contribution in [3.05, 3.63) is 64.6 Å². The molecule has 0 unspecified atom stereocenters. The predicted molar refractivity (Wildman–Crippen MR) is 69.6 cm³/mol. The van der Waals surface area contributed by atoms with E-state index in [-0.39, 0.29) is 10.6 Å². The van der Waals surface area contributed by atoms with Gasteiger partial charge in [0.05, 0.1) is 11.4 Å². The highest BCUT2D eigenvalue weighted by molar-refractivity contribution is 7.94. The minimum Gasteiger partial charge on any atom is -0.573 e. The highest BCUT2D eigenvalue weighted by Gasteiger charge is 2.06. The lowest BCUT2D eigenvalue weighted by Crippen LogP contribution is -2.47. The van der Waals surface area contributed by atoms with Crippen molar-refractivity contribution in [2.24, 2.45) is 0 Å².